The van der Waals surface area contributed by atoms with Crippen molar-refractivity contribution in [3.63, 3.8) is 0 Å². The minimum absolute atomic E-state index is 0.0158. The summed E-state index contributed by atoms with van der Waals surface area (Å²) in [4.78, 5) is 13.1. The Hall–Kier alpha value is -3.64. The highest BCUT2D eigenvalue weighted by atomic mass is 32.1. The molecule has 3 heterocycles. The Morgan fingerprint density at radius 3 is 2.58 bits per heavy atom. The third-order valence-electron chi connectivity index (χ3n) is 5.71. The minimum atomic E-state index is -0.479. The minimum Gasteiger partial charge on any atom is -0.363 e. The molecule has 0 saturated carbocycles. The van der Waals surface area contributed by atoms with E-state index in [0.29, 0.717) is 0 Å². The van der Waals surface area contributed by atoms with Crippen molar-refractivity contribution in [2.45, 2.75) is 26.8 Å². The summed E-state index contributed by atoms with van der Waals surface area (Å²) in [5.74, 6) is 1.02. The fourth-order valence-corrected chi connectivity index (χ4v) is 4.87. The molecule has 2 aromatic carbocycles. The van der Waals surface area contributed by atoms with Crippen molar-refractivity contribution < 1.29 is 4.39 Å². The van der Waals surface area contributed by atoms with E-state index in [4.69, 9.17) is 0 Å². The van der Waals surface area contributed by atoms with E-state index >= 15 is 0 Å². The van der Waals surface area contributed by atoms with Crippen molar-refractivity contribution in [1.29, 1.82) is 0 Å². The number of halogens is 1. The number of hydrogen-bond donors (Lipinski definition) is 1. The molecule has 6 heteroatoms. The number of anilines is 1. The van der Waals surface area contributed by atoms with E-state index in [-0.39, 0.29) is 6.04 Å². The zero-order chi connectivity index (χ0) is 22.9. The molecule has 3 aromatic heterocycles. The molecule has 0 saturated heterocycles. The summed E-state index contributed by atoms with van der Waals surface area (Å²) in [7, 11) is 0. The van der Waals surface area contributed by atoms with Crippen LogP contribution >= 0.6 is 11.3 Å². The molecule has 4 nitrogen and oxygen atoms in total. The molecule has 1 atom stereocenters. The Balaban J connectivity index is 1.42. The van der Waals surface area contributed by atoms with Gasteiger partial charge >= 0.3 is 0 Å². The van der Waals surface area contributed by atoms with Crippen LogP contribution in [0.25, 0.3) is 32.5 Å². The van der Waals surface area contributed by atoms with Crippen molar-refractivity contribution in [1.82, 2.24) is 15.0 Å². The lowest BCUT2D eigenvalue weighted by Crippen LogP contribution is -2.09. The van der Waals surface area contributed by atoms with Gasteiger partial charge in [0.1, 0.15) is 11.6 Å². The Kier molecular flexibility index (Phi) is 5.60. The highest BCUT2D eigenvalue weighted by molar-refractivity contribution is 7.17. The molecule has 0 amide bonds. The normalized spacial score (nSPS) is 12.1. The molecule has 0 radical (unpaired) electrons. The number of hydrogen-bond acceptors (Lipinski definition) is 5. The number of aryl methyl sites for hydroxylation is 2. The molecule has 0 aliphatic heterocycles. The second-order valence-electron chi connectivity index (χ2n) is 8.18. The van der Waals surface area contributed by atoms with Crippen molar-refractivity contribution in [3.8, 4) is 22.4 Å². The van der Waals surface area contributed by atoms with Crippen LogP contribution in [-0.4, -0.2) is 15.0 Å². The van der Waals surface area contributed by atoms with Gasteiger partial charge in [0.15, 0.2) is 0 Å². The number of benzene rings is 2. The molecular formula is C27H23FN4S. The van der Waals surface area contributed by atoms with E-state index in [1.165, 1.54) is 21.7 Å². The average molecular weight is 455 g/mol. The number of nitrogens with zero attached hydrogens (tertiary/aromatic N) is 3. The number of rotatable bonds is 5. The van der Waals surface area contributed by atoms with Gasteiger partial charge in [0.05, 0.1) is 5.69 Å². The first-order chi connectivity index (χ1) is 16.0. The number of thiophene rings is 1. The van der Waals surface area contributed by atoms with Gasteiger partial charge in [-0.15, -0.1) is 11.3 Å². The van der Waals surface area contributed by atoms with E-state index in [1.54, 1.807) is 23.6 Å². The van der Waals surface area contributed by atoms with Gasteiger partial charge in [-0.05, 0) is 78.6 Å². The first-order valence-corrected chi connectivity index (χ1v) is 11.7. The molecule has 0 fully saturated rings. The monoisotopic (exact) mass is 454 g/mol. The average Bonchev–Trinajstić information content (AvgIpc) is 3.19. The summed E-state index contributed by atoms with van der Waals surface area (Å²) < 4.78 is 14.5. The van der Waals surface area contributed by atoms with Crippen LogP contribution < -0.4 is 5.32 Å². The molecule has 0 aliphatic carbocycles. The number of nitrogens with one attached hydrogen (secondary N) is 1. The zero-order valence-electron chi connectivity index (χ0n) is 18.6. The lowest BCUT2D eigenvalue weighted by atomic mass is 10.0. The quantitative estimate of drug-likeness (QED) is 0.282. The van der Waals surface area contributed by atoms with E-state index in [2.05, 4.69) is 69.8 Å². The molecule has 0 bridgehead atoms. The maximum atomic E-state index is 13.2. The molecule has 164 valence electrons. The topological polar surface area (TPSA) is 50.7 Å². The first kappa shape index (κ1) is 21.2. The molecule has 0 aliphatic rings. The number of aromatic nitrogens is 3. The van der Waals surface area contributed by atoms with Gasteiger partial charge in [-0.1, -0.05) is 24.3 Å². The Morgan fingerprint density at radius 1 is 0.909 bits per heavy atom. The van der Waals surface area contributed by atoms with Crippen molar-refractivity contribution in [2.75, 3.05) is 5.32 Å². The van der Waals surface area contributed by atoms with E-state index in [0.717, 1.165) is 39.6 Å². The first-order valence-electron chi connectivity index (χ1n) is 10.8. The zero-order valence-corrected chi connectivity index (χ0v) is 19.4. The lowest BCUT2D eigenvalue weighted by Gasteiger charge is -2.17. The Labute approximate surface area is 196 Å². The Morgan fingerprint density at radius 2 is 1.76 bits per heavy atom. The maximum absolute atomic E-state index is 13.2. The predicted octanol–water partition coefficient (Wildman–Crippen LogP) is 7.35. The summed E-state index contributed by atoms with van der Waals surface area (Å²) in [6.07, 6.45) is 1.55. The third-order valence-corrected chi connectivity index (χ3v) is 6.79. The third kappa shape index (κ3) is 4.47. The van der Waals surface area contributed by atoms with Crippen molar-refractivity contribution in [3.05, 3.63) is 95.1 Å². The summed E-state index contributed by atoms with van der Waals surface area (Å²) in [6, 6.07) is 19.8. The van der Waals surface area contributed by atoms with Crippen molar-refractivity contribution in [2.24, 2.45) is 0 Å². The van der Waals surface area contributed by atoms with Crippen LogP contribution in [0.5, 0.6) is 0 Å². The molecule has 33 heavy (non-hydrogen) atoms. The highest BCUT2D eigenvalue weighted by Crippen LogP contribution is 2.31. The van der Waals surface area contributed by atoms with Crippen LogP contribution in [0.1, 0.15) is 29.9 Å². The predicted molar refractivity (Wildman–Crippen MR) is 134 cm³/mol. The number of fused-ring (bicyclic) bond motifs is 1. The van der Waals surface area contributed by atoms with Crippen LogP contribution in [0.15, 0.2) is 72.2 Å². The van der Waals surface area contributed by atoms with E-state index in [1.807, 2.05) is 25.1 Å². The summed E-state index contributed by atoms with van der Waals surface area (Å²) >= 11 is 1.76. The lowest BCUT2D eigenvalue weighted by molar-refractivity contribution is 0.584. The highest BCUT2D eigenvalue weighted by Gasteiger charge is 2.12. The second kappa shape index (κ2) is 8.71. The van der Waals surface area contributed by atoms with Crippen LogP contribution in [0.3, 0.4) is 0 Å². The van der Waals surface area contributed by atoms with Gasteiger partial charge in [-0.25, -0.2) is 15.0 Å². The molecule has 1 N–H and O–H groups in total. The standard InChI is InChI=1S/C27H23FN4S/c1-16-15-33-25-9-7-21(12-23(16)25)24-13-27(32-18(3)31-24)30-17(2)19-5-4-6-20(11-19)22-8-10-26(28)29-14-22/h4-15,17H,1-3H3,(H,30,31,32). The van der Waals surface area contributed by atoms with Gasteiger partial charge in [0, 0.05) is 34.1 Å². The van der Waals surface area contributed by atoms with Crippen LogP contribution in [0, 0.1) is 19.8 Å². The van der Waals surface area contributed by atoms with Gasteiger partial charge in [-0.2, -0.15) is 4.39 Å². The SMILES string of the molecule is Cc1nc(NC(C)c2cccc(-c3ccc(F)nc3)c2)cc(-c2ccc3scc(C)c3c2)n1. The molecule has 0 spiro atoms. The summed E-state index contributed by atoms with van der Waals surface area (Å²) in [5, 5.41) is 6.97. The van der Waals surface area contributed by atoms with Gasteiger partial charge < -0.3 is 5.32 Å². The van der Waals surface area contributed by atoms with Crippen molar-refractivity contribution >= 4 is 27.2 Å². The van der Waals surface area contributed by atoms with E-state index < -0.39 is 5.95 Å². The molecule has 1 unspecified atom stereocenters. The van der Waals surface area contributed by atoms with E-state index in [9.17, 15) is 4.39 Å². The largest absolute Gasteiger partial charge is 0.363 e. The van der Waals surface area contributed by atoms with Gasteiger partial charge in [-0.3, -0.25) is 0 Å². The fraction of sp³-hybridized carbons (Fsp3) is 0.148. The number of pyridine rings is 1. The second-order valence-corrected chi connectivity index (χ2v) is 9.09. The van der Waals surface area contributed by atoms with Gasteiger partial charge in [0.2, 0.25) is 5.95 Å². The van der Waals surface area contributed by atoms with Crippen LogP contribution in [-0.2, 0) is 0 Å². The summed E-state index contributed by atoms with van der Waals surface area (Å²) in [6.45, 7) is 6.15. The van der Waals surface area contributed by atoms with Crippen LogP contribution in [0.4, 0.5) is 10.2 Å². The molecule has 5 rings (SSSR count). The molecular weight excluding hydrogens is 431 g/mol. The molecule has 5 aromatic rings. The summed E-state index contributed by atoms with van der Waals surface area (Å²) in [5.41, 5.74) is 6.24. The van der Waals surface area contributed by atoms with Gasteiger partial charge in [0.25, 0.3) is 0 Å². The maximum Gasteiger partial charge on any atom is 0.212 e. The smallest absolute Gasteiger partial charge is 0.212 e. The fourth-order valence-electron chi connectivity index (χ4n) is 3.94. The van der Waals surface area contributed by atoms with Crippen LogP contribution in [0.2, 0.25) is 0 Å². The Bertz CT molecular complexity index is 1440.